The van der Waals surface area contributed by atoms with Crippen LogP contribution in [0.5, 0.6) is 11.5 Å². The normalized spacial score (nSPS) is 28.0. The largest absolute Gasteiger partial charge is 0.454 e. The van der Waals surface area contributed by atoms with E-state index in [0.29, 0.717) is 19.3 Å². The minimum absolute atomic E-state index is 0.126. The van der Waals surface area contributed by atoms with E-state index in [1.54, 1.807) is 4.31 Å². The first-order valence-electron chi connectivity index (χ1n) is 10.6. The summed E-state index contributed by atoms with van der Waals surface area (Å²) in [6.07, 6.45) is 5.37. The number of fused-ring (bicyclic) bond motifs is 5. The van der Waals surface area contributed by atoms with Gasteiger partial charge in [-0.25, -0.2) is 8.42 Å². The molecule has 31 heavy (non-hydrogen) atoms. The number of piperidine rings is 2. The van der Waals surface area contributed by atoms with Gasteiger partial charge in [-0.15, -0.1) is 0 Å². The Labute approximate surface area is 184 Å². The fourth-order valence-electron chi connectivity index (χ4n) is 5.21. The predicted octanol–water partition coefficient (Wildman–Crippen LogP) is 1.65. The van der Waals surface area contributed by atoms with Crippen molar-refractivity contribution in [2.75, 3.05) is 38.4 Å². The lowest BCUT2D eigenvalue weighted by atomic mass is 9.77. The molecule has 5 rings (SSSR count). The van der Waals surface area contributed by atoms with Crippen molar-refractivity contribution in [3.8, 4) is 11.5 Å². The molecule has 1 aromatic carbocycles. The molecule has 0 amide bonds. The van der Waals surface area contributed by atoms with E-state index in [4.69, 9.17) is 14.0 Å². The molecule has 0 saturated carbocycles. The second kappa shape index (κ2) is 8.51. The Bertz CT molecular complexity index is 1040. The van der Waals surface area contributed by atoms with Crippen LogP contribution in [0.2, 0.25) is 0 Å². The average molecular weight is 475 g/mol. The van der Waals surface area contributed by atoms with Crippen LogP contribution in [-0.4, -0.2) is 75.1 Å². The third-order valence-corrected chi connectivity index (χ3v) is 8.73. The van der Waals surface area contributed by atoms with Crippen LogP contribution in [0.3, 0.4) is 0 Å². The summed E-state index contributed by atoms with van der Waals surface area (Å²) in [5.41, 5.74) is 2.62. The van der Waals surface area contributed by atoms with E-state index in [9.17, 15) is 16.8 Å². The lowest BCUT2D eigenvalue weighted by molar-refractivity contribution is 0.0222. The highest BCUT2D eigenvalue weighted by Crippen LogP contribution is 2.46. The molecule has 0 radical (unpaired) electrons. The molecule has 174 valence electrons. The average Bonchev–Trinajstić information content (AvgIpc) is 3.17. The van der Waals surface area contributed by atoms with Crippen LogP contribution < -0.4 is 9.47 Å². The molecule has 0 bridgehead atoms. The van der Waals surface area contributed by atoms with Gasteiger partial charge in [-0.3, -0.25) is 9.45 Å². The summed E-state index contributed by atoms with van der Waals surface area (Å²) in [7, 11) is -6.81. The molecule has 9 nitrogen and oxygen atoms in total. The van der Waals surface area contributed by atoms with Crippen LogP contribution in [0.4, 0.5) is 0 Å². The predicted molar refractivity (Wildman–Crippen MR) is 115 cm³/mol. The first-order chi connectivity index (χ1) is 14.6. The molecule has 1 N–H and O–H groups in total. The molecule has 1 aromatic rings. The molecule has 2 saturated heterocycles. The van der Waals surface area contributed by atoms with Gasteiger partial charge in [0.15, 0.2) is 11.5 Å². The van der Waals surface area contributed by atoms with E-state index in [1.807, 2.05) is 0 Å². The Morgan fingerprint density at radius 2 is 1.81 bits per heavy atom. The number of benzene rings is 1. The van der Waals surface area contributed by atoms with Crippen LogP contribution in [0.25, 0.3) is 0 Å². The Kier molecular flexibility index (Phi) is 6.25. The molecule has 0 aromatic heterocycles. The Morgan fingerprint density at radius 3 is 2.45 bits per heavy atom. The molecule has 0 unspecified atom stereocenters. The van der Waals surface area contributed by atoms with Crippen LogP contribution in [0, 0.1) is 5.92 Å². The zero-order valence-corrected chi connectivity index (χ0v) is 19.5. The zero-order chi connectivity index (χ0) is 22.4. The summed E-state index contributed by atoms with van der Waals surface area (Å²) in [4.78, 5) is 2.55. The summed E-state index contributed by atoms with van der Waals surface area (Å²) < 4.78 is 64.3. The topological polar surface area (TPSA) is 113 Å². The van der Waals surface area contributed by atoms with Gasteiger partial charge in [0.2, 0.25) is 16.8 Å². The van der Waals surface area contributed by atoms with Crippen molar-refractivity contribution in [1.29, 1.82) is 0 Å². The fourth-order valence-corrected chi connectivity index (χ4v) is 6.42. The summed E-state index contributed by atoms with van der Waals surface area (Å²) in [5.74, 6) is 1.92. The maximum Gasteiger partial charge on any atom is 0.264 e. The van der Waals surface area contributed by atoms with Gasteiger partial charge < -0.3 is 9.47 Å². The van der Waals surface area contributed by atoms with Gasteiger partial charge >= 0.3 is 0 Å². The van der Waals surface area contributed by atoms with Crippen molar-refractivity contribution in [3.05, 3.63) is 23.3 Å². The molecule has 11 heteroatoms. The second-order valence-corrected chi connectivity index (χ2v) is 12.3. The van der Waals surface area contributed by atoms with Crippen LogP contribution in [0.1, 0.15) is 43.4 Å². The first-order valence-corrected chi connectivity index (χ1v) is 14.1. The summed E-state index contributed by atoms with van der Waals surface area (Å²) in [5, 5.41) is 0. The van der Waals surface area contributed by atoms with Crippen LogP contribution in [0.15, 0.2) is 12.1 Å². The van der Waals surface area contributed by atoms with Gasteiger partial charge in [0.05, 0.1) is 12.0 Å². The standard InChI is InChI=1S/C18H24N2O4S.C2H6O3S/c1-25(21,22)20-5-2-3-13-10-19-6-4-12-7-17-18(24-11-23-17)8-14(12)16(19)9-15(13)20;1-2-6(3,4)5/h7-8,13,15-16H,2-6,9-11H2,1H3;2H2,1H3,(H,3,4,5)/t13-,15+,16+;/m1./s1. The third kappa shape index (κ3) is 4.85. The van der Waals surface area contributed by atoms with Gasteiger partial charge in [-0.1, -0.05) is 0 Å². The van der Waals surface area contributed by atoms with Crippen molar-refractivity contribution in [1.82, 2.24) is 9.21 Å². The van der Waals surface area contributed by atoms with E-state index in [1.165, 1.54) is 24.3 Å². The minimum Gasteiger partial charge on any atom is -0.454 e. The summed E-state index contributed by atoms with van der Waals surface area (Å²) in [6, 6.07) is 4.65. The molecule has 0 aliphatic carbocycles. The van der Waals surface area contributed by atoms with Gasteiger partial charge in [0.25, 0.3) is 10.1 Å². The van der Waals surface area contributed by atoms with Gasteiger partial charge in [-0.2, -0.15) is 12.7 Å². The Balaban J connectivity index is 0.000000342. The van der Waals surface area contributed by atoms with Crippen molar-refractivity contribution in [3.63, 3.8) is 0 Å². The zero-order valence-electron chi connectivity index (χ0n) is 17.9. The highest BCUT2D eigenvalue weighted by molar-refractivity contribution is 7.88. The maximum atomic E-state index is 12.3. The first kappa shape index (κ1) is 22.8. The van der Waals surface area contributed by atoms with E-state index in [0.717, 1.165) is 50.3 Å². The SMILES string of the molecule is CCS(=O)(=O)O.CS(=O)(=O)N1CCC[C@@H]2CN3CCc4cc5c(cc4[C@@H]3C[C@@H]21)OCO5. The number of hydrogen-bond acceptors (Lipinski definition) is 7. The Hall–Kier alpha value is -1.40. The maximum absolute atomic E-state index is 12.3. The lowest BCUT2D eigenvalue weighted by Gasteiger charge is -2.51. The summed E-state index contributed by atoms with van der Waals surface area (Å²) >= 11 is 0. The molecular weight excluding hydrogens is 444 g/mol. The van der Waals surface area contributed by atoms with E-state index >= 15 is 0 Å². The minimum atomic E-state index is -3.66. The van der Waals surface area contributed by atoms with E-state index in [-0.39, 0.29) is 17.8 Å². The summed E-state index contributed by atoms with van der Waals surface area (Å²) in [6.45, 7) is 4.36. The number of ether oxygens (including phenoxy) is 2. The number of hydrogen-bond donors (Lipinski definition) is 1. The highest BCUT2D eigenvalue weighted by Gasteiger charge is 2.45. The van der Waals surface area contributed by atoms with Gasteiger partial charge in [0.1, 0.15) is 0 Å². The van der Waals surface area contributed by atoms with E-state index < -0.39 is 20.1 Å². The molecule has 0 spiro atoms. The van der Waals surface area contributed by atoms with E-state index in [2.05, 4.69) is 17.0 Å². The highest BCUT2D eigenvalue weighted by atomic mass is 32.2. The van der Waals surface area contributed by atoms with Crippen molar-refractivity contribution < 1.29 is 30.9 Å². The monoisotopic (exact) mass is 474 g/mol. The molecule has 4 aliphatic rings. The van der Waals surface area contributed by atoms with Crippen molar-refractivity contribution in [2.24, 2.45) is 5.92 Å². The van der Waals surface area contributed by atoms with Gasteiger partial charge in [0, 0.05) is 31.7 Å². The molecule has 2 fully saturated rings. The van der Waals surface area contributed by atoms with Crippen molar-refractivity contribution in [2.45, 2.75) is 44.7 Å². The third-order valence-electron chi connectivity index (χ3n) is 6.69. The number of nitrogens with zero attached hydrogens (tertiary/aromatic N) is 2. The van der Waals surface area contributed by atoms with Crippen LogP contribution in [-0.2, 0) is 26.6 Å². The Morgan fingerprint density at radius 1 is 1.13 bits per heavy atom. The van der Waals surface area contributed by atoms with Crippen LogP contribution >= 0.6 is 0 Å². The quantitative estimate of drug-likeness (QED) is 0.644. The van der Waals surface area contributed by atoms with Gasteiger partial charge in [-0.05, 0) is 61.8 Å². The fraction of sp³-hybridized carbons (Fsp3) is 0.700. The number of sulfonamides is 1. The molecular formula is C20H30N2O7S2. The van der Waals surface area contributed by atoms with Crippen molar-refractivity contribution >= 4 is 20.1 Å². The second-order valence-electron chi connectivity index (χ2n) is 8.61. The molecule has 3 atom stereocenters. The lowest BCUT2D eigenvalue weighted by Crippen LogP contribution is -2.57. The number of rotatable bonds is 2. The smallest absolute Gasteiger partial charge is 0.264 e. The molecule has 4 aliphatic heterocycles. The molecule has 4 heterocycles.